The summed E-state index contributed by atoms with van der Waals surface area (Å²) in [5.74, 6) is 0.827. The molecule has 1 rings (SSSR count). The third kappa shape index (κ3) is 3.46. The lowest BCUT2D eigenvalue weighted by atomic mass is 9.98. The molecule has 1 N–H and O–H groups in total. The molecule has 1 saturated heterocycles. The van der Waals surface area contributed by atoms with E-state index in [1.54, 1.807) is 0 Å². The van der Waals surface area contributed by atoms with Gasteiger partial charge in [0.1, 0.15) is 0 Å². The Morgan fingerprint density at radius 1 is 1.33 bits per heavy atom. The molecule has 1 aliphatic rings. The van der Waals surface area contributed by atoms with Crippen molar-refractivity contribution in [2.24, 2.45) is 5.92 Å². The van der Waals surface area contributed by atoms with Gasteiger partial charge in [0.15, 0.2) is 0 Å². The van der Waals surface area contributed by atoms with Crippen LogP contribution >= 0.6 is 0 Å². The molecule has 0 aromatic rings. The number of nitrogens with one attached hydrogen (secondary N) is 1. The third-order valence-corrected chi connectivity index (χ3v) is 3.57. The molecule has 15 heavy (non-hydrogen) atoms. The second kappa shape index (κ2) is 4.84. The van der Waals surface area contributed by atoms with Crippen molar-refractivity contribution in [3.8, 4) is 0 Å². The monoisotopic (exact) mass is 212 g/mol. The fourth-order valence-corrected chi connectivity index (χ4v) is 2.61. The quantitative estimate of drug-likeness (QED) is 0.773. The molecule has 1 heterocycles. The molecule has 0 spiro atoms. The first-order valence-electron chi connectivity index (χ1n) is 6.32. The van der Waals surface area contributed by atoms with Gasteiger partial charge in [-0.15, -0.1) is 0 Å². The fraction of sp³-hybridized carbons (Fsp3) is 1.00. The molecule has 0 bridgehead atoms. The van der Waals surface area contributed by atoms with E-state index in [9.17, 15) is 0 Å². The number of rotatable bonds is 3. The Balaban J connectivity index is 2.59. The fourth-order valence-electron chi connectivity index (χ4n) is 2.61. The molecular formula is C13H28N2. The Morgan fingerprint density at radius 2 is 1.93 bits per heavy atom. The molecule has 0 saturated carbocycles. The summed E-state index contributed by atoms with van der Waals surface area (Å²) in [5, 5.41) is 3.62. The molecule has 2 heteroatoms. The zero-order chi connectivity index (χ0) is 11.6. The Labute approximate surface area is 95.4 Å². The summed E-state index contributed by atoms with van der Waals surface area (Å²) in [5.41, 5.74) is 0.276. The highest BCUT2D eigenvalue weighted by molar-refractivity contribution is 4.88. The first-order valence-corrected chi connectivity index (χ1v) is 6.32. The Morgan fingerprint density at radius 3 is 2.27 bits per heavy atom. The van der Waals surface area contributed by atoms with E-state index in [0.29, 0.717) is 12.1 Å². The van der Waals surface area contributed by atoms with E-state index in [1.165, 1.54) is 19.5 Å². The van der Waals surface area contributed by atoms with Gasteiger partial charge in [-0.25, -0.2) is 0 Å². The summed E-state index contributed by atoms with van der Waals surface area (Å²) in [7, 11) is 0. The summed E-state index contributed by atoms with van der Waals surface area (Å²) in [6.07, 6.45) is 1.33. The normalized spacial score (nSPS) is 28.0. The van der Waals surface area contributed by atoms with Gasteiger partial charge in [0.25, 0.3) is 0 Å². The summed E-state index contributed by atoms with van der Waals surface area (Å²) in [6, 6.07) is 1.31. The third-order valence-electron chi connectivity index (χ3n) is 3.57. The molecule has 2 atom stereocenters. The van der Waals surface area contributed by atoms with E-state index < -0.39 is 0 Å². The van der Waals surface area contributed by atoms with E-state index in [0.717, 1.165) is 5.92 Å². The van der Waals surface area contributed by atoms with Crippen LogP contribution in [0.25, 0.3) is 0 Å². The van der Waals surface area contributed by atoms with Gasteiger partial charge in [0.05, 0.1) is 0 Å². The van der Waals surface area contributed by atoms with E-state index in [4.69, 9.17) is 0 Å². The van der Waals surface area contributed by atoms with Gasteiger partial charge < -0.3 is 5.32 Å². The minimum Gasteiger partial charge on any atom is -0.312 e. The van der Waals surface area contributed by atoms with Crippen LogP contribution in [0.2, 0.25) is 0 Å². The largest absolute Gasteiger partial charge is 0.312 e. The predicted octanol–water partition coefficient (Wildman–Crippen LogP) is 2.49. The molecule has 1 aliphatic heterocycles. The SMILES string of the molecule is CC1CCNC1CN(C(C)C)C(C)(C)C. The van der Waals surface area contributed by atoms with Crippen molar-refractivity contribution in [3.05, 3.63) is 0 Å². The van der Waals surface area contributed by atoms with Gasteiger partial charge in [0.2, 0.25) is 0 Å². The second-order valence-electron chi connectivity index (χ2n) is 6.24. The minimum absolute atomic E-state index is 0.276. The highest BCUT2D eigenvalue weighted by Crippen LogP contribution is 2.22. The smallest absolute Gasteiger partial charge is 0.0221 e. The van der Waals surface area contributed by atoms with E-state index in [1.807, 2.05) is 0 Å². The van der Waals surface area contributed by atoms with Gasteiger partial charge >= 0.3 is 0 Å². The van der Waals surface area contributed by atoms with Crippen molar-refractivity contribution >= 4 is 0 Å². The number of nitrogens with zero attached hydrogens (tertiary/aromatic N) is 1. The molecule has 0 aromatic heterocycles. The maximum atomic E-state index is 3.62. The van der Waals surface area contributed by atoms with Gasteiger partial charge in [-0.05, 0) is 53.5 Å². The van der Waals surface area contributed by atoms with Crippen molar-refractivity contribution in [3.63, 3.8) is 0 Å². The summed E-state index contributed by atoms with van der Waals surface area (Å²) >= 11 is 0. The van der Waals surface area contributed by atoms with Crippen LogP contribution in [0.1, 0.15) is 48.0 Å². The van der Waals surface area contributed by atoms with E-state index in [-0.39, 0.29) is 5.54 Å². The van der Waals surface area contributed by atoms with Crippen LogP contribution in [0.4, 0.5) is 0 Å². The van der Waals surface area contributed by atoms with Crippen LogP contribution in [0.3, 0.4) is 0 Å². The van der Waals surface area contributed by atoms with Gasteiger partial charge in [-0.1, -0.05) is 6.92 Å². The summed E-state index contributed by atoms with van der Waals surface area (Å²) in [6.45, 7) is 16.3. The van der Waals surface area contributed by atoms with Gasteiger partial charge in [-0.3, -0.25) is 4.90 Å². The van der Waals surface area contributed by atoms with Crippen molar-refractivity contribution in [1.82, 2.24) is 10.2 Å². The van der Waals surface area contributed by atoms with Crippen molar-refractivity contribution in [1.29, 1.82) is 0 Å². The highest BCUT2D eigenvalue weighted by atomic mass is 15.2. The minimum atomic E-state index is 0.276. The maximum absolute atomic E-state index is 3.62. The van der Waals surface area contributed by atoms with Crippen LogP contribution in [-0.4, -0.2) is 35.6 Å². The van der Waals surface area contributed by atoms with E-state index >= 15 is 0 Å². The Bertz CT molecular complexity index is 193. The van der Waals surface area contributed by atoms with Crippen LogP contribution in [0.15, 0.2) is 0 Å². The average Bonchev–Trinajstić information content (AvgIpc) is 2.44. The first kappa shape index (κ1) is 13.0. The molecule has 0 aromatic carbocycles. The molecule has 0 aliphatic carbocycles. The molecule has 2 nitrogen and oxygen atoms in total. The highest BCUT2D eigenvalue weighted by Gasteiger charge is 2.30. The molecule has 2 unspecified atom stereocenters. The number of hydrogen-bond acceptors (Lipinski definition) is 2. The molecule has 0 radical (unpaired) electrons. The molecule has 1 fully saturated rings. The lowest BCUT2D eigenvalue weighted by molar-refractivity contribution is 0.0831. The van der Waals surface area contributed by atoms with Crippen LogP contribution in [0, 0.1) is 5.92 Å². The van der Waals surface area contributed by atoms with E-state index in [2.05, 4.69) is 51.8 Å². The lowest BCUT2D eigenvalue weighted by Crippen LogP contribution is -2.51. The van der Waals surface area contributed by atoms with Crippen LogP contribution in [0.5, 0.6) is 0 Å². The second-order valence-corrected chi connectivity index (χ2v) is 6.24. The zero-order valence-electron chi connectivity index (χ0n) is 11.3. The number of hydrogen-bond donors (Lipinski definition) is 1. The molecular weight excluding hydrogens is 184 g/mol. The van der Waals surface area contributed by atoms with Crippen molar-refractivity contribution in [2.45, 2.75) is 65.6 Å². The van der Waals surface area contributed by atoms with Crippen molar-refractivity contribution in [2.75, 3.05) is 13.1 Å². The average molecular weight is 212 g/mol. The first-order chi connectivity index (χ1) is 6.82. The standard InChI is InChI=1S/C13H28N2/c1-10(2)15(13(4,5)6)9-12-11(3)7-8-14-12/h10-12,14H,7-9H2,1-6H3. The van der Waals surface area contributed by atoms with Crippen molar-refractivity contribution < 1.29 is 0 Å². The Hall–Kier alpha value is -0.0800. The molecule has 0 amide bonds. The molecule has 90 valence electrons. The zero-order valence-corrected chi connectivity index (χ0v) is 11.3. The topological polar surface area (TPSA) is 15.3 Å². The van der Waals surface area contributed by atoms with Crippen LogP contribution < -0.4 is 5.32 Å². The maximum Gasteiger partial charge on any atom is 0.0221 e. The predicted molar refractivity (Wildman–Crippen MR) is 67.2 cm³/mol. The van der Waals surface area contributed by atoms with Gasteiger partial charge in [-0.2, -0.15) is 0 Å². The lowest BCUT2D eigenvalue weighted by Gasteiger charge is -2.41. The summed E-state index contributed by atoms with van der Waals surface area (Å²) in [4.78, 5) is 2.60. The summed E-state index contributed by atoms with van der Waals surface area (Å²) < 4.78 is 0. The van der Waals surface area contributed by atoms with Gasteiger partial charge in [0, 0.05) is 24.2 Å². The Kier molecular flexibility index (Phi) is 4.19. The van der Waals surface area contributed by atoms with Crippen LogP contribution in [-0.2, 0) is 0 Å².